The smallest absolute Gasteiger partial charge is 0.283 e. The number of rotatable bonds is 5. The lowest BCUT2D eigenvalue weighted by Gasteiger charge is -2.08. The molecule has 0 saturated carbocycles. The predicted octanol–water partition coefficient (Wildman–Crippen LogP) is 3.21. The quantitative estimate of drug-likeness (QED) is 0.544. The molecule has 0 radical (unpaired) electrons. The number of nitrogen functional groups attached to an aromatic ring is 1. The zero-order chi connectivity index (χ0) is 17.8. The van der Waals surface area contributed by atoms with E-state index in [0.29, 0.717) is 27.9 Å². The van der Waals surface area contributed by atoms with Gasteiger partial charge in [-0.25, -0.2) is 10.4 Å². The number of carbonyl (C=O) groups excluding carboxylic acids is 1. The summed E-state index contributed by atoms with van der Waals surface area (Å²) in [7, 11) is 1.60. The highest BCUT2D eigenvalue weighted by Crippen LogP contribution is 2.26. The summed E-state index contributed by atoms with van der Waals surface area (Å²) < 4.78 is 5.41. The lowest BCUT2D eigenvalue weighted by Crippen LogP contribution is -2.18. The standard InChI is InChI=1S/C18H18N4O2S/c1-3-14-16(25-18(19)21-14)17(23)22-20-10-13-12-7-5-4-6-11(12)8-9-15(13)24-2/h4-10H,3H2,1-2H3,(H2,19,21)(H,22,23)/b20-10+. The van der Waals surface area contributed by atoms with E-state index in [1.165, 1.54) is 0 Å². The van der Waals surface area contributed by atoms with E-state index in [-0.39, 0.29) is 5.91 Å². The normalized spacial score (nSPS) is 11.1. The van der Waals surface area contributed by atoms with Crippen LogP contribution in [0.25, 0.3) is 10.8 Å². The number of thiazole rings is 1. The van der Waals surface area contributed by atoms with E-state index in [1.807, 2.05) is 43.3 Å². The molecule has 0 atom stereocenters. The van der Waals surface area contributed by atoms with E-state index in [2.05, 4.69) is 15.5 Å². The van der Waals surface area contributed by atoms with Crippen LogP contribution in [0, 0.1) is 0 Å². The SMILES string of the molecule is CCc1nc(N)sc1C(=O)N/N=C/c1c(OC)ccc2ccccc12. The van der Waals surface area contributed by atoms with Gasteiger partial charge in [0.2, 0.25) is 0 Å². The summed E-state index contributed by atoms with van der Waals surface area (Å²) in [5.74, 6) is 0.370. The largest absolute Gasteiger partial charge is 0.496 e. The fourth-order valence-corrected chi connectivity index (χ4v) is 3.39. The molecule has 0 aliphatic rings. The number of carbonyl (C=O) groups is 1. The van der Waals surface area contributed by atoms with Crippen LogP contribution in [0.3, 0.4) is 0 Å². The highest BCUT2D eigenvalue weighted by Gasteiger charge is 2.15. The van der Waals surface area contributed by atoms with Gasteiger partial charge in [-0.1, -0.05) is 48.6 Å². The summed E-state index contributed by atoms with van der Waals surface area (Å²) in [5.41, 5.74) is 9.71. The van der Waals surface area contributed by atoms with Gasteiger partial charge in [-0.15, -0.1) is 0 Å². The summed E-state index contributed by atoms with van der Waals surface area (Å²) >= 11 is 1.16. The maximum atomic E-state index is 12.3. The highest BCUT2D eigenvalue weighted by molar-refractivity contribution is 7.17. The summed E-state index contributed by atoms with van der Waals surface area (Å²) in [5, 5.41) is 6.54. The fourth-order valence-electron chi connectivity index (χ4n) is 2.58. The van der Waals surface area contributed by atoms with Gasteiger partial charge in [-0.2, -0.15) is 5.10 Å². The maximum absolute atomic E-state index is 12.3. The van der Waals surface area contributed by atoms with Crippen LogP contribution in [0.2, 0.25) is 0 Å². The van der Waals surface area contributed by atoms with Crippen molar-refractivity contribution in [3.05, 3.63) is 52.5 Å². The second-order valence-electron chi connectivity index (χ2n) is 5.28. The van der Waals surface area contributed by atoms with E-state index >= 15 is 0 Å². The molecule has 3 aromatic rings. The molecule has 0 unspecified atom stereocenters. The number of methoxy groups -OCH3 is 1. The molecular formula is C18H18N4O2S. The van der Waals surface area contributed by atoms with Gasteiger partial charge in [-0.05, 0) is 23.3 Å². The number of amides is 1. The number of fused-ring (bicyclic) bond motifs is 1. The van der Waals surface area contributed by atoms with Crippen molar-refractivity contribution in [2.75, 3.05) is 12.8 Å². The van der Waals surface area contributed by atoms with Crippen LogP contribution in [0.1, 0.15) is 27.9 Å². The zero-order valence-electron chi connectivity index (χ0n) is 13.9. The van der Waals surface area contributed by atoms with Crippen molar-refractivity contribution >= 4 is 39.4 Å². The first-order valence-electron chi connectivity index (χ1n) is 7.78. The number of hydrazone groups is 1. The van der Waals surface area contributed by atoms with E-state index < -0.39 is 0 Å². The van der Waals surface area contributed by atoms with Crippen LogP contribution in [0.15, 0.2) is 41.5 Å². The average Bonchev–Trinajstić information content (AvgIpc) is 3.02. The Morgan fingerprint density at radius 1 is 1.36 bits per heavy atom. The first kappa shape index (κ1) is 16.9. The Kier molecular flexibility index (Phi) is 4.95. The molecule has 7 heteroatoms. The van der Waals surface area contributed by atoms with Crippen LogP contribution in [0.5, 0.6) is 5.75 Å². The van der Waals surface area contributed by atoms with Crippen molar-refractivity contribution in [1.82, 2.24) is 10.4 Å². The molecule has 1 aromatic heterocycles. The number of nitrogens with two attached hydrogens (primary N) is 1. The number of hydrogen-bond donors (Lipinski definition) is 2. The van der Waals surface area contributed by atoms with Crippen molar-refractivity contribution in [3.8, 4) is 5.75 Å². The van der Waals surface area contributed by atoms with Gasteiger partial charge in [0.05, 0.1) is 19.0 Å². The molecule has 0 saturated heterocycles. The molecule has 0 aliphatic heterocycles. The highest BCUT2D eigenvalue weighted by atomic mass is 32.1. The first-order chi connectivity index (χ1) is 12.1. The fraction of sp³-hybridized carbons (Fsp3) is 0.167. The number of anilines is 1. The molecular weight excluding hydrogens is 336 g/mol. The van der Waals surface area contributed by atoms with Crippen molar-refractivity contribution in [3.63, 3.8) is 0 Å². The lowest BCUT2D eigenvalue weighted by atomic mass is 10.0. The van der Waals surface area contributed by atoms with E-state index in [4.69, 9.17) is 10.5 Å². The number of hydrogen-bond acceptors (Lipinski definition) is 6. The molecule has 0 bridgehead atoms. The maximum Gasteiger partial charge on any atom is 0.283 e. The third-order valence-electron chi connectivity index (χ3n) is 3.77. The Balaban J connectivity index is 1.87. The van der Waals surface area contributed by atoms with E-state index in [9.17, 15) is 4.79 Å². The second kappa shape index (κ2) is 7.31. The third kappa shape index (κ3) is 3.46. The van der Waals surface area contributed by atoms with Gasteiger partial charge in [0.15, 0.2) is 5.13 Å². The van der Waals surface area contributed by atoms with Crippen molar-refractivity contribution in [1.29, 1.82) is 0 Å². The van der Waals surface area contributed by atoms with Gasteiger partial charge in [0.25, 0.3) is 5.91 Å². The minimum Gasteiger partial charge on any atom is -0.496 e. The van der Waals surface area contributed by atoms with E-state index in [1.54, 1.807) is 13.3 Å². The van der Waals surface area contributed by atoms with Crippen molar-refractivity contribution < 1.29 is 9.53 Å². The summed E-state index contributed by atoms with van der Waals surface area (Å²) in [4.78, 5) is 16.9. The number of nitrogens with zero attached hydrogens (tertiary/aromatic N) is 2. The first-order valence-corrected chi connectivity index (χ1v) is 8.60. The predicted molar refractivity (Wildman–Crippen MR) is 101 cm³/mol. The molecule has 1 heterocycles. The minimum atomic E-state index is -0.318. The number of benzene rings is 2. The molecule has 2 aromatic carbocycles. The van der Waals surface area contributed by atoms with Crippen molar-refractivity contribution in [2.24, 2.45) is 5.10 Å². The minimum absolute atomic E-state index is 0.318. The Morgan fingerprint density at radius 2 is 2.16 bits per heavy atom. The number of aromatic nitrogens is 1. The van der Waals surface area contributed by atoms with Gasteiger partial charge in [0.1, 0.15) is 10.6 Å². The Bertz CT molecular complexity index is 949. The summed E-state index contributed by atoms with van der Waals surface area (Å²) in [6.07, 6.45) is 2.23. The summed E-state index contributed by atoms with van der Waals surface area (Å²) in [6, 6.07) is 11.8. The molecule has 3 N–H and O–H groups in total. The molecule has 128 valence electrons. The van der Waals surface area contributed by atoms with Crippen LogP contribution in [0.4, 0.5) is 5.13 Å². The monoisotopic (exact) mass is 354 g/mol. The van der Waals surface area contributed by atoms with Crippen LogP contribution in [-0.2, 0) is 6.42 Å². The Labute approximate surface area is 149 Å². The number of ether oxygens (including phenoxy) is 1. The topological polar surface area (TPSA) is 89.6 Å². The Hall–Kier alpha value is -2.93. The molecule has 0 aliphatic carbocycles. The van der Waals surface area contributed by atoms with Gasteiger partial charge < -0.3 is 10.5 Å². The lowest BCUT2D eigenvalue weighted by molar-refractivity contribution is 0.0958. The van der Waals surface area contributed by atoms with Gasteiger partial charge in [0, 0.05) is 5.56 Å². The molecule has 25 heavy (non-hydrogen) atoms. The number of nitrogens with one attached hydrogen (secondary N) is 1. The summed E-state index contributed by atoms with van der Waals surface area (Å²) in [6.45, 7) is 1.93. The second-order valence-corrected chi connectivity index (χ2v) is 6.31. The van der Waals surface area contributed by atoms with Crippen LogP contribution >= 0.6 is 11.3 Å². The molecule has 0 fully saturated rings. The Morgan fingerprint density at radius 3 is 2.92 bits per heavy atom. The van der Waals surface area contributed by atoms with Gasteiger partial charge in [-0.3, -0.25) is 4.79 Å². The molecule has 1 amide bonds. The zero-order valence-corrected chi connectivity index (χ0v) is 14.8. The third-order valence-corrected chi connectivity index (χ3v) is 4.69. The van der Waals surface area contributed by atoms with Crippen LogP contribution in [-0.4, -0.2) is 24.2 Å². The van der Waals surface area contributed by atoms with Crippen LogP contribution < -0.4 is 15.9 Å². The molecule has 6 nitrogen and oxygen atoms in total. The number of aryl methyl sites for hydroxylation is 1. The van der Waals surface area contributed by atoms with E-state index in [0.717, 1.165) is 27.7 Å². The van der Waals surface area contributed by atoms with Gasteiger partial charge >= 0.3 is 0 Å². The van der Waals surface area contributed by atoms with Crippen molar-refractivity contribution in [2.45, 2.75) is 13.3 Å². The molecule has 0 spiro atoms. The molecule has 3 rings (SSSR count). The average molecular weight is 354 g/mol.